The first kappa shape index (κ1) is 18.4. The highest BCUT2D eigenvalue weighted by Gasteiger charge is 2.36. The number of nitrogens with two attached hydrogens (primary N) is 1. The molecule has 1 unspecified atom stereocenters. The average Bonchev–Trinajstić information content (AvgIpc) is 2.90. The van der Waals surface area contributed by atoms with Crippen LogP contribution in [-0.4, -0.2) is 29.4 Å². The smallest absolute Gasteiger partial charge is 0.322 e. The molecule has 0 fully saturated rings. The second-order valence-corrected chi connectivity index (χ2v) is 7.77. The van der Waals surface area contributed by atoms with Gasteiger partial charge >= 0.3 is 6.18 Å². The fourth-order valence-corrected chi connectivity index (χ4v) is 2.57. The maximum absolute atomic E-state index is 13.0. The highest BCUT2D eigenvalue weighted by atomic mass is 32.2. The van der Waals surface area contributed by atoms with E-state index < -0.39 is 27.7 Å². The molecular weight excluding hydrogens is 345 g/mol. The third-order valence-electron chi connectivity index (χ3n) is 3.45. The summed E-state index contributed by atoms with van der Waals surface area (Å²) in [6.07, 6.45) is -2.53. The summed E-state index contributed by atoms with van der Waals surface area (Å²) in [7, 11) is -3.46. The SMILES string of the molecule is CC(C)C(N)c1cc(C(F)(F)F)nn1-c1ccc(S(C)(=O)=O)cn1. The molecule has 6 nitrogen and oxygen atoms in total. The number of nitrogens with zero attached hydrogens (tertiary/aromatic N) is 3. The lowest BCUT2D eigenvalue weighted by molar-refractivity contribution is -0.141. The number of hydrogen-bond donors (Lipinski definition) is 1. The summed E-state index contributed by atoms with van der Waals surface area (Å²) in [5.74, 6) is -0.0687. The van der Waals surface area contributed by atoms with Crippen LogP contribution in [0.1, 0.15) is 31.3 Å². The van der Waals surface area contributed by atoms with Gasteiger partial charge in [-0.1, -0.05) is 13.8 Å². The predicted molar refractivity (Wildman–Crippen MR) is 81.2 cm³/mol. The first-order chi connectivity index (χ1) is 10.9. The van der Waals surface area contributed by atoms with Crippen molar-refractivity contribution < 1.29 is 21.6 Å². The van der Waals surface area contributed by atoms with E-state index in [2.05, 4.69) is 10.1 Å². The Morgan fingerprint density at radius 3 is 2.29 bits per heavy atom. The molecule has 2 rings (SSSR count). The van der Waals surface area contributed by atoms with Gasteiger partial charge in [-0.2, -0.15) is 18.3 Å². The van der Waals surface area contributed by atoms with E-state index in [1.807, 2.05) is 0 Å². The number of pyridine rings is 1. The molecule has 2 aromatic heterocycles. The van der Waals surface area contributed by atoms with Crippen LogP contribution in [-0.2, 0) is 16.0 Å². The molecule has 0 aliphatic heterocycles. The third-order valence-corrected chi connectivity index (χ3v) is 4.55. The molecule has 2 N–H and O–H groups in total. The van der Waals surface area contributed by atoms with E-state index in [1.165, 1.54) is 12.1 Å². The summed E-state index contributed by atoms with van der Waals surface area (Å²) >= 11 is 0. The van der Waals surface area contributed by atoms with Crippen molar-refractivity contribution in [2.75, 3.05) is 6.26 Å². The lowest BCUT2D eigenvalue weighted by Gasteiger charge is -2.17. The second-order valence-electron chi connectivity index (χ2n) is 5.76. The standard InChI is InChI=1S/C14H17F3N4O2S/c1-8(2)13(18)10-6-11(14(15,16)17)20-21(10)12-5-4-9(7-19-12)24(3,22)23/h4-8,13H,18H2,1-3H3. The highest BCUT2D eigenvalue weighted by Crippen LogP contribution is 2.32. The Balaban J connectivity index is 2.58. The van der Waals surface area contributed by atoms with Crippen molar-refractivity contribution in [3.63, 3.8) is 0 Å². The van der Waals surface area contributed by atoms with Crippen molar-refractivity contribution in [2.24, 2.45) is 11.7 Å². The van der Waals surface area contributed by atoms with Gasteiger partial charge in [-0.15, -0.1) is 0 Å². The largest absolute Gasteiger partial charge is 0.435 e. The molecule has 2 heterocycles. The van der Waals surface area contributed by atoms with E-state index in [9.17, 15) is 21.6 Å². The van der Waals surface area contributed by atoms with E-state index >= 15 is 0 Å². The molecular formula is C14H17F3N4O2S. The molecule has 0 aliphatic rings. The number of halogens is 3. The fraction of sp³-hybridized carbons (Fsp3) is 0.429. The van der Waals surface area contributed by atoms with Crippen LogP contribution in [0.2, 0.25) is 0 Å². The molecule has 132 valence electrons. The molecule has 0 aliphatic carbocycles. The minimum atomic E-state index is -4.62. The van der Waals surface area contributed by atoms with Crippen molar-refractivity contribution in [1.82, 2.24) is 14.8 Å². The predicted octanol–water partition coefficient (Wildman–Crippen LogP) is 2.35. The summed E-state index contributed by atoms with van der Waals surface area (Å²) in [4.78, 5) is 3.87. The van der Waals surface area contributed by atoms with E-state index in [4.69, 9.17) is 5.73 Å². The maximum Gasteiger partial charge on any atom is 0.435 e. The van der Waals surface area contributed by atoms with Crippen molar-refractivity contribution in [2.45, 2.75) is 31.0 Å². The Kier molecular flexibility index (Phi) is 4.73. The molecule has 24 heavy (non-hydrogen) atoms. The first-order valence-corrected chi connectivity index (χ1v) is 8.89. The molecule has 0 saturated heterocycles. The van der Waals surface area contributed by atoms with Crippen LogP contribution in [0.25, 0.3) is 5.82 Å². The van der Waals surface area contributed by atoms with Gasteiger partial charge in [-0.3, -0.25) is 0 Å². The first-order valence-electron chi connectivity index (χ1n) is 7.00. The number of hydrogen-bond acceptors (Lipinski definition) is 5. The van der Waals surface area contributed by atoms with Crippen LogP contribution in [0.4, 0.5) is 13.2 Å². The molecule has 2 aromatic rings. The van der Waals surface area contributed by atoms with Crippen molar-refractivity contribution in [3.05, 3.63) is 35.8 Å². The van der Waals surface area contributed by atoms with E-state index in [-0.39, 0.29) is 22.3 Å². The zero-order chi connectivity index (χ0) is 18.3. The Morgan fingerprint density at radius 2 is 1.88 bits per heavy atom. The average molecular weight is 362 g/mol. The van der Waals surface area contributed by atoms with Gasteiger partial charge in [0.05, 0.1) is 10.6 Å². The van der Waals surface area contributed by atoms with Gasteiger partial charge in [0.2, 0.25) is 0 Å². The lowest BCUT2D eigenvalue weighted by Crippen LogP contribution is -2.21. The molecule has 10 heteroatoms. The lowest BCUT2D eigenvalue weighted by atomic mass is 10.0. The van der Waals surface area contributed by atoms with Crippen LogP contribution in [0.3, 0.4) is 0 Å². The third kappa shape index (κ3) is 3.75. The topological polar surface area (TPSA) is 90.9 Å². The summed E-state index contributed by atoms with van der Waals surface area (Å²) in [6, 6.07) is 2.75. The Hall–Kier alpha value is -1.94. The molecule has 0 amide bonds. The van der Waals surface area contributed by atoms with E-state index in [1.54, 1.807) is 13.8 Å². The van der Waals surface area contributed by atoms with Gasteiger partial charge < -0.3 is 5.73 Å². The van der Waals surface area contributed by atoms with E-state index in [0.29, 0.717) is 0 Å². The van der Waals surface area contributed by atoms with Crippen molar-refractivity contribution in [1.29, 1.82) is 0 Å². The Bertz CT molecular complexity index is 827. The second kappa shape index (κ2) is 6.17. The monoisotopic (exact) mass is 362 g/mol. The fourth-order valence-electron chi connectivity index (χ4n) is 2.01. The van der Waals surface area contributed by atoms with Gasteiger partial charge in [0.1, 0.15) is 0 Å². The summed E-state index contributed by atoms with van der Waals surface area (Å²) in [6.45, 7) is 3.55. The zero-order valence-electron chi connectivity index (χ0n) is 13.2. The minimum Gasteiger partial charge on any atom is -0.322 e. The van der Waals surface area contributed by atoms with Crippen LogP contribution in [0.15, 0.2) is 29.3 Å². The number of rotatable bonds is 4. The maximum atomic E-state index is 13.0. The summed E-state index contributed by atoms with van der Waals surface area (Å²) < 4.78 is 62.8. The molecule has 1 atom stereocenters. The Morgan fingerprint density at radius 1 is 1.25 bits per heavy atom. The van der Waals surface area contributed by atoms with Crippen LogP contribution >= 0.6 is 0 Å². The number of aromatic nitrogens is 3. The number of sulfone groups is 1. The van der Waals surface area contributed by atoms with E-state index in [0.717, 1.165) is 23.2 Å². The van der Waals surface area contributed by atoms with Crippen LogP contribution in [0.5, 0.6) is 0 Å². The van der Waals surface area contributed by atoms with Crippen LogP contribution in [0, 0.1) is 5.92 Å². The van der Waals surface area contributed by atoms with Gasteiger partial charge in [-0.25, -0.2) is 18.1 Å². The van der Waals surface area contributed by atoms with Crippen molar-refractivity contribution >= 4 is 9.84 Å². The van der Waals surface area contributed by atoms with Gasteiger partial charge in [0.15, 0.2) is 21.3 Å². The van der Waals surface area contributed by atoms with Crippen molar-refractivity contribution in [3.8, 4) is 5.82 Å². The number of alkyl halides is 3. The quantitative estimate of drug-likeness (QED) is 0.901. The van der Waals surface area contributed by atoms with Gasteiger partial charge in [0, 0.05) is 18.5 Å². The zero-order valence-corrected chi connectivity index (χ0v) is 14.1. The molecule has 0 radical (unpaired) electrons. The van der Waals surface area contributed by atoms with Gasteiger partial charge in [0.25, 0.3) is 0 Å². The molecule has 0 saturated carbocycles. The van der Waals surface area contributed by atoms with Gasteiger partial charge in [-0.05, 0) is 24.1 Å². The minimum absolute atomic E-state index is 0.0378. The Labute approximate surface area is 137 Å². The summed E-state index contributed by atoms with van der Waals surface area (Å²) in [5.41, 5.74) is 5.05. The normalized spacial score (nSPS) is 14.2. The summed E-state index contributed by atoms with van der Waals surface area (Å²) in [5, 5.41) is 3.55. The van der Waals surface area contributed by atoms with Crippen LogP contribution < -0.4 is 5.73 Å². The molecule has 0 aromatic carbocycles. The molecule has 0 bridgehead atoms. The highest BCUT2D eigenvalue weighted by molar-refractivity contribution is 7.90. The molecule has 0 spiro atoms.